The van der Waals surface area contributed by atoms with Crippen molar-refractivity contribution in [3.05, 3.63) is 45.6 Å². The van der Waals surface area contributed by atoms with Gasteiger partial charge in [-0.25, -0.2) is 0 Å². The Hall–Kier alpha value is -1.13. The lowest BCUT2D eigenvalue weighted by molar-refractivity contribution is -0.137. The minimum atomic E-state index is -4.46. The van der Waals surface area contributed by atoms with E-state index in [0.717, 1.165) is 17.7 Å². The fourth-order valence-corrected chi connectivity index (χ4v) is 2.33. The van der Waals surface area contributed by atoms with Gasteiger partial charge in [0.1, 0.15) is 0 Å². The van der Waals surface area contributed by atoms with E-state index in [9.17, 15) is 13.2 Å². The summed E-state index contributed by atoms with van der Waals surface area (Å²) in [5.74, 6) is 0. The highest BCUT2D eigenvalue weighted by Gasteiger charge is 2.32. The maximum atomic E-state index is 12.6. The molecule has 2 rings (SSSR count). The molecule has 0 amide bonds. The highest BCUT2D eigenvalue weighted by Crippen LogP contribution is 2.40. The van der Waals surface area contributed by atoms with Gasteiger partial charge in [-0.05, 0) is 30.7 Å². The molecule has 1 aromatic heterocycles. The first-order valence-electron chi connectivity index (χ1n) is 5.00. The molecule has 0 atom stereocenters. The predicted molar refractivity (Wildman–Crippen MR) is 66.0 cm³/mol. The molecule has 0 unspecified atom stereocenters. The zero-order chi connectivity index (χ0) is 13.5. The number of H-pyrrole nitrogens is 1. The lowest BCUT2D eigenvalue weighted by Gasteiger charge is -2.11. The Bertz CT molecular complexity index is 564. The van der Waals surface area contributed by atoms with E-state index >= 15 is 0 Å². The molecule has 0 aliphatic heterocycles. The number of aryl methyl sites for hydroxylation is 1. The summed E-state index contributed by atoms with van der Waals surface area (Å²) >= 11 is 11.8. The molecule has 0 spiro atoms. The molecular weight excluding hydrogens is 286 g/mol. The fraction of sp³-hybridized carbons (Fsp3) is 0.167. The Labute approximate surface area is 112 Å². The van der Waals surface area contributed by atoms with Crippen molar-refractivity contribution in [1.82, 2.24) is 4.98 Å². The molecule has 96 valence electrons. The van der Waals surface area contributed by atoms with E-state index in [0.29, 0.717) is 11.3 Å². The summed E-state index contributed by atoms with van der Waals surface area (Å²) in [4.78, 5) is 2.91. The number of aromatic nitrogens is 1. The fourth-order valence-electron chi connectivity index (χ4n) is 1.64. The van der Waals surface area contributed by atoms with Crippen molar-refractivity contribution in [1.29, 1.82) is 0 Å². The van der Waals surface area contributed by atoms with Crippen LogP contribution in [0.2, 0.25) is 10.0 Å². The zero-order valence-electron chi connectivity index (χ0n) is 9.20. The van der Waals surface area contributed by atoms with Crippen molar-refractivity contribution >= 4 is 23.2 Å². The van der Waals surface area contributed by atoms with Crippen LogP contribution in [0, 0.1) is 6.92 Å². The Morgan fingerprint density at radius 1 is 1.06 bits per heavy atom. The van der Waals surface area contributed by atoms with Crippen molar-refractivity contribution in [2.24, 2.45) is 0 Å². The summed E-state index contributed by atoms with van der Waals surface area (Å²) in [5, 5.41) is -0.0617. The number of rotatable bonds is 1. The van der Waals surface area contributed by atoms with Gasteiger partial charge in [-0.3, -0.25) is 0 Å². The molecule has 1 aromatic carbocycles. The standard InChI is InChI=1S/C12H8Cl2F3N/c1-6-2-10(18-5-6)11-8(13)3-7(4-9(11)14)12(15,16)17/h2-5,18H,1H3. The number of nitrogens with one attached hydrogen (secondary N) is 1. The molecule has 0 saturated carbocycles. The van der Waals surface area contributed by atoms with E-state index < -0.39 is 11.7 Å². The van der Waals surface area contributed by atoms with Crippen LogP contribution in [-0.4, -0.2) is 4.98 Å². The SMILES string of the molecule is Cc1c[nH]c(-c2c(Cl)cc(C(F)(F)F)cc2Cl)c1. The van der Waals surface area contributed by atoms with Gasteiger partial charge in [-0.15, -0.1) is 0 Å². The third kappa shape index (κ3) is 2.49. The molecule has 0 bridgehead atoms. The molecule has 0 radical (unpaired) electrons. The highest BCUT2D eigenvalue weighted by molar-refractivity contribution is 6.39. The second-order valence-electron chi connectivity index (χ2n) is 3.90. The van der Waals surface area contributed by atoms with Crippen molar-refractivity contribution in [3.63, 3.8) is 0 Å². The molecular formula is C12H8Cl2F3N. The smallest absolute Gasteiger partial charge is 0.361 e. The van der Waals surface area contributed by atoms with Gasteiger partial charge < -0.3 is 4.98 Å². The van der Waals surface area contributed by atoms with Crippen molar-refractivity contribution < 1.29 is 13.2 Å². The van der Waals surface area contributed by atoms with E-state index in [-0.39, 0.29) is 10.0 Å². The van der Waals surface area contributed by atoms with E-state index in [1.165, 1.54) is 0 Å². The summed E-state index contributed by atoms with van der Waals surface area (Å²) in [7, 11) is 0. The van der Waals surface area contributed by atoms with Gasteiger partial charge in [-0.2, -0.15) is 13.2 Å². The maximum absolute atomic E-state index is 12.6. The molecule has 0 aliphatic carbocycles. The van der Waals surface area contributed by atoms with Crippen LogP contribution >= 0.6 is 23.2 Å². The maximum Gasteiger partial charge on any atom is 0.416 e. The molecule has 18 heavy (non-hydrogen) atoms. The topological polar surface area (TPSA) is 15.8 Å². The lowest BCUT2D eigenvalue weighted by Crippen LogP contribution is -2.05. The van der Waals surface area contributed by atoms with Gasteiger partial charge in [0, 0.05) is 17.5 Å². The first-order chi connectivity index (χ1) is 8.29. The predicted octanol–water partition coefficient (Wildman–Crippen LogP) is 5.32. The molecule has 0 saturated heterocycles. The van der Waals surface area contributed by atoms with Crippen molar-refractivity contribution in [2.75, 3.05) is 0 Å². The van der Waals surface area contributed by atoms with Crippen LogP contribution in [-0.2, 0) is 6.18 Å². The summed E-state index contributed by atoms with van der Waals surface area (Å²) in [6.45, 7) is 1.85. The third-order valence-corrected chi connectivity index (χ3v) is 3.06. The summed E-state index contributed by atoms with van der Waals surface area (Å²) in [6, 6.07) is 3.51. The number of hydrogen-bond acceptors (Lipinski definition) is 0. The minimum Gasteiger partial charge on any atom is -0.361 e. The van der Waals surface area contributed by atoms with Crippen LogP contribution in [0.5, 0.6) is 0 Å². The lowest BCUT2D eigenvalue weighted by atomic mass is 10.1. The second-order valence-corrected chi connectivity index (χ2v) is 4.72. The van der Waals surface area contributed by atoms with E-state index in [4.69, 9.17) is 23.2 Å². The van der Waals surface area contributed by atoms with Crippen LogP contribution in [0.3, 0.4) is 0 Å². The first-order valence-corrected chi connectivity index (χ1v) is 5.76. The number of benzene rings is 1. The Kier molecular flexibility index (Phi) is 3.34. The molecule has 1 heterocycles. The molecule has 0 fully saturated rings. The van der Waals surface area contributed by atoms with E-state index in [1.807, 2.05) is 6.92 Å². The molecule has 1 N–H and O–H groups in total. The Balaban J connectivity index is 2.58. The molecule has 6 heteroatoms. The number of alkyl halides is 3. The summed E-state index contributed by atoms with van der Waals surface area (Å²) in [5.41, 5.74) is 1.05. The Morgan fingerprint density at radius 2 is 1.61 bits per heavy atom. The van der Waals surface area contributed by atoms with Gasteiger partial charge in [-0.1, -0.05) is 23.2 Å². The van der Waals surface area contributed by atoms with Gasteiger partial charge in [0.05, 0.1) is 15.6 Å². The van der Waals surface area contributed by atoms with Gasteiger partial charge in [0.15, 0.2) is 0 Å². The van der Waals surface area contributed by atoms with Crippen LogP contribution in [0.1, 0.15) is 11.1 Å². The quantitative estimate of drug-likeness (QED) is 0.733. The highest BCUT2D eigenvalue weighted by atomic mass is 35.5. The summed E-state index contributed by atoms with van der Waals surface area (Å²) in [6.07, 6.45) is -2.74. The number of halogens is 5. The van der Waals surface area contributed by atoms with Gasteiger partial charge in [0.25, 0.3) is 0 Å². The number of hydrogen-bond donors (Lipinski definition) is 1. The number of aromatic amines is 1. The average molecular weight is 294 g/mol. The molecule has 2 aromatic rings. The van der Waals surface area contributed by atoms with Crippen LogP contribution in [0.25, 0.3) is 11.3 Å². The monoisotopic (exact) mass is 293 g/mol. The van der Waals surface area contributed by atoms with Crippen LogP contribution < -0.4 is 0 Å². The Morgan fingerprint density at radius 3 is 2.00 bits per heavy atom. The average Bonchev–Trinajstić information content (AvgIpc) is 2.62. The van der Waals surface area contributed by atoms with Crippen molar-refractivity contribution in [2.45, 2.75) is 13.1 Å². The second kappa shape index (κ2) is 4.52. The zero-order valence-corrected chi connectivity index (χ0v) is 10.7. The normalized spacial score (nSPS) is 11.9. The third-order valence-electron chi connectivity index (χ3n) is 2.47. The van der Waals surface area contributed by atoms with Crippen LogP contribution in [0.15, 0.2) is 24.4 Å². The van der Waals surface area contributed by atoms with Crippen LogP contribution in [0.4, 0.5) is 13.2 Å². The van der Waals surface area contributed by atoms with Gasteiger partial charge >= 0.3 is 6.18 Å². The first kappa shape index (κ1) is 13.3. The van der Waals surface area contributed by atoms with E-state index in [2.05, 4.69) is 4.98 Å². The minimum absolute atomic E-state index is 0.0309. The largest absolute Gasteiger partial charge is 0.416 e. The van der Waals surface area contributed by atoms with Crippen molar-refractivity contribution in [3.8, 4) is 11.3 Å². The van der Waals surface area contributed by atoms with E-state index in [1.54, 1.807) is 12.3 Å². The molecule has 1 nitrogen and oxygen atoms in total. The van der Waals surface area contributed by atoms with Gasteiger partial charge in [0.2, 0.25) is 0 Å². The molecule has 0 aliphatic rings. The summed E-state index contributed by atoms with van der Waals surface area (Å²) < 4.78 is 37.7.